The summed E-state index contributed by atoms with van der Waals surface area (Å²) in [5.41, 5.74) is 0.0242. The van der Waals surface area contributed by atoms with Gasteiger partial charge in [-0.05, 0) is 12.1 Å². The highest BCUT2D eigenvalue weighted by atomic mass is 79.9. The predicted octanol–water partition coefficient (Wildman–Crippen LogP) is 2.17. The van der Waals surface area contributed by atoms with E-state index in [9.17, 15) is 9.18 Å². The third-order valence-corrected chi connectivity index (χ3v) is 2.58. The van der Waals surface area contributed by atoms with Crippen molar-refractivity contribution in [3.8, 4) is 11.5 Å². The lowest BCUT2D eigenvalue weighted by molar-refractivity contribution is 0.101. The third-order valence-electron chi connectivity index (χ3n) is 2.07. The van der Waals surface area contributed by atoms with Crippen molar-refractivity contribution < 1.29 is 18.7 Å². The van der Waals surface area contributed by atoms with Crippen LogP contribution in [0.5, 0.6) is 11.5 Å². The van der Waals surface area contributed by atoms with Crippen molar-refractivity contribution in [1.29, 1.82) is 0 Å². The molecule has 2 rings (SSSR count). The maximum atomic E-state index is 13.7. The Morgan fingerprint density at radius 3 is 2.87 bits per heavy atom. The monoisotopic (exact) mass is 274 g/mol. The van der Waals surface area contributed by atoms with Crippen LogP contribution in [0, 0.1) is 5.82 Å². The summed E-state index contributed by atoms with van der Waals surface area (Å²) >= 11 is 2.99. The molecule has 1 aromatic carbocycles. The van der Waals surface area contributed by atoms with Crippen molar-refractivity contribution in [3.05, 3.63) is 23.5 Å². The minimum absolute atomic E-state index is 0.0242. The summed E-state index contributed by atoms with van der Waals surface area (Å²) in [6.07, 6.45) is 0. The van der Waals surface area contributed by atoms with Crippen molar-refractivity contribution in [2.24, 2.45) is 0 Å². The summed E-state index contributed by atoms with van der Waals surface area (Å²) in [4.78, 5) is 11.3. The smallest absolute Gasteiger partial charge is 0.197 e. The van der Waals surface area contributed by atoms with Gasteiger partial charge < -0.3 is 9.47 Å². The number of fused-ring (bicyclic) bond motifs is 1. The zero-order valence-electron chi connectivity index (χ0n) is 7.76. The summed E-state index contributed by atoms with van der Waals surface area (Å²) < 4.78 is 24.1. The summed E-state index contributed by atoms with van der Waals surface area (Å²) in [5.74, 6) is -0.570. The number of alkyl halides is 1. The van der Waals surface area contributed by atoms with E-state index in [2.05, 4.69) is 15.9 Å². The maximum absolute atomic E-state index is 13.7. The summed E-state index contributed by atoms with van der Waals surface area (Å²) in [5, 5.41) is 0.0869. The molecule has 0 saturated heterocycles. The number of carbonyl (C=O) groups excluding carboxylic acids is 1. The fraction of sp³-hybridized carbons (Fsp3) is 0.300. The van der Waals surface area contributed by atoms with Crippen LogP contribution in [-0.2, 0) is 0 Å². The molecule has 0 spiro atoms. The lowest BCUT2D eigenvalue weighted by atomic mass is 10.1. The first-order chi connectivity index (χ1) is 7.24. The fourth-order valence-electron chi connectivity index (χ4n) is 1.37. The number of hydrogen-bond acceptors (Lipinski definition) is 3. The Bertz CT molecular complexity index is 406. The van der Waals surface area contributed by atoms with Gasteiger partial charge in [-0.15, -0.1) is 0 Å². The van der Waals surface area contributed by atoms with E-state index in [4.69, 9.17) is 9.47 Å². The van der Waals surface area contributed by atoms with Gasteiger partial charge in [-0.3, -0.25) is 4.79 Å². The van der Waals surface area contributed by atoms with E-state index >= 15 is 0 Å². The molecule has 1 aromatic rings. The van der Waals surface area contributed by atoms with Gasteiger partial charge >= 0.3 is 0 Å². The van der Waals surface area contributed by atoms with Crippen LogP contribution in [0.1, 0.15) is 10.4 Å². The molecule has 0 radical (unpaired) electrons. The lowest BCUT2D eigenvalue weighted by Crippen LogP contribution is -2.17. The molecule has 1 heterocycles. The van der Waals surface area contributed by atoms with Gasteiger partial charge in [0, 0.05) is 0 Å². The molecule has 1 aliphatic rings. The maximum Gasteiger partial charge on any atom is 0.197 e. The molecule has 3 nitrogen and oxygen atoms in total. The summed E-state index contributed by atoms with van der Waals surface area (Å²) in [7, 11) is 0. The molecule has 5 heteroatoms. The highest BCUT2D eigenvalue weighted by molar-refractivity contribution is 9.09. The Morgan fingerprint density at radius 1 is 1.40 bits per heavy atom. The third kappa shape index (κ3) is 1.84. The molecule has 1 aliphatic heterocycles. The molecular formula is C10H8BrFO3. The van der Waals surface area contributed by atoms with Gasteiger partial charge in [0.05, 0.1) is 10.9 Å². The number of benzene rings is 1. The minimum atomic E-state index is -0.642. The van der Waals surface area contributed by atoms with Crippen molar-refractivity contribution in [1.82, 2.24) is 0 Å². The van der Waals surface area contributed by atoms with Gasteiger partial charge in [0.2, 0.25) is 0 Å². The van der Waals surface area contributed by atoms with E-state index < -0.39 is 5.82 Å². The Labute approximate surface area is 94.3 Å². The second kappa shape index (κ2) is 4.18. The SMILES string of the molecule is O=C(CBr)c1ccc2c(c1F)OCCO2. The molecule has 0 bridgehead atoms. The van der Waals surface area contributed by atoms with Gasteiger partial charge in [-0.1, -0.05) is 15.9 Å². The second-order valence-electron chi connectivity index (χ2n) is 3.01. The Balaban J connectivity index is 2.47. The van der Waals surface area contributed by atoms with Gasteiger partial charge in [0.15, 0.2) is 23.1 Å². The molecule has 0 fully saturated rings. The number of Topliss-reactive ketones (excluding diaryl/α,β-unsaturated/α-hetero) is 1. The first-order valence-corrected chi connectivity index (χ1v) is 5.53. The molecule has 0 saturated carbocycles. The molecule has 0 aromatic heterocycles. The molecular weight excluding hydrogens is 267 g/mol. The highest BCUT2D eigenvalue weighted by Crippen LogP contribution is 2.34. The molecule has 15 heavy (non-hydrogen) atoms. The van der Waals surface area contributed by atoms with E-state index in [-0.39, 0.29) is 22.4 Å². The number of ether oxygens (including phenoxy) is 2. The Kier molecular flexibility index (Phi) is 2.90. The van der Waals surface area contributed by atoms with Crippen LogP contribution >= 0.6 is 15.9 Å². The molecule has 0 N–H and O–H groups in total. The minimum Gasteiger partial charge on any atom is -0.486 e. The number of rotatable bonds is 2. The van der Waals surface area contributed by atoms with E-state index in [1.807, 2.05) is 0 Å². The molecule has 80 valence electrons. The van der Waals surface area contributed by atoms with E-state index in [0.717, 1.165) is 0 Å². The molecule has 0 aliphatic carbocycles. The van der Waals surface area contributed by atoms with Crippen molar-refractivity contribution in [2.75, 3.05) is 18.5 Å². The average Bonchev–Trinajstić information content (AvgIpc) is 2.29. The van der Waals surface area contributed by atoms with Crippen LogP contribution in [0.3, 0.4) is 0 Å². The molecule has 0 amide bonds. The Hall–Kier alpha value is -1.10. The highest BCUT2D eigenvalue weighted by Gasteiger charge is 2.22. The molecule has 0 atom stereocenters. The first-order valence-electron chi connectivity index (χ1n) is 4.41. The van der Waals surface area contributed by atoms with Crippen molar-refractivity contribution in [3.63, 3.8) is 0 Å². The molecule has 0 unspecified atom stereocenters. The zero-order valence-corrected chi connectivity index (χ0v) is 9.34. The largest absolute Gasteiger partial charge is 0.486 e. The number of ketones is 1. The predicted molar refractivity (Wildman–Crippen MR) is 55.5 cm³/mol. The topological polar surface area (TPSA) is 35.5 Å². The summed E-state index contributed by atoms with van der Waals surface area (Å²) in [6, 6.07) is 2.96. The quantitative estimate of drug-likeness (QED) is 0.613. The number of carbonyl (C=O) groups is 1. The van der Waals surface area contributed by atoms with Crippen LogP contribution < -0.4 is 9.47 Å². The van der Waals surface area contributed by atoms with Crippen LogP contribution in [0.25, 0.3) is 0 Å². The number of halogens is 2. The standard InChI is InChI=1S/C10H8BrFO3/c11-5-7(13)6-1-2-8-10(9(6)12)15-4-3-14-8/h1-2H,3-5H2. The van der Waals surface area contributed by atoms with E-state index in [0.29, 0.717) is 19.0 Å². The normalized spacial score (nSPS) is 13.7. The van der Waals surface area contributed by atoms with Crippen molar-refractivity contribution >= 4 is 21.7 Å². The lowest BCUT2D eigenvalue weighted by Gasteiger charge is -2.19. The summed E-state index contributed by atoms with van der Waals surface area (Å²) in [6.45, 7) is 0.702. The number of hydrogen-bond donors (Lipinski definition) is 0. The fourth-order valence-corrected chi connectivity index (χ4v) is 1.67. The van der Waals surface area contributed by atoms with Crippen molar-refractivity contribution in [2.45, 2.75) is 0 Å². The van der Waals surface area contributed by atoms with Gasteiger partial charge in [-0.25, -0.2) is 4.39 Å². The first kappa shape index (κ1) is 10.4. The van der Waals surface area contributed by atoms with Crippen LogP contribution in [0.2, 0.25) is 0 Å². The van der Waals surface area contributed by atoms with Crippen LogP contribution in [0.4, 0.5) is 4.39 Å². The van der Waals surface area contributed by atoms with Gasteiger partial charge in [0.1, 0.15) is 13.2 Å². The average molecular weight is 275 g/mol. The second-order valence-corrected chi connectivity index (χ2v) is 3.57. The Morgan fingerprint density at radius 2 is 2.13 bits per heavy atom. The van der Waals surface area contributed by atoms with Crippen LogP contribution in [0.15, 0.2) is 12.1 Å². The van der Waals surface area contributed by atoms with Gasteiger partial charge in [0.25, 0.3) is 0 Å². The zero-order chi connectivity index (χ0) is 10.8. The van der Waals surface area contributed by atoms with E-state index in [1.165, 1.54) is 6.07 Å². The van der Waals surface area contributed by atoms with E-state index in [1.54, 1.807) is 6.07 Å². The van der Waals surface area contributed by atoms with Gasteiger partial charge in [-0.2, -0.15) is 0 Å². The van der Waals surface area contributed by atoms with Crippen LogP contribution in [-0.4, -0.2) is 24.3 Å².